The highest BCUT2D eigenvalue weighted by Crippen LogP contribution is 2.22. The number of methoxy groups -OCH3 is 1. The van der Waals surface area contributed by atoms with E-state index in [1.165, 1.54) is 19.2 Å². The zero-order valence-corrected chi connectivity index (χ0v) is 10.4. The van der Waals surface area contributed by atoms with Gasteiger partial charge in [-0.25, -0.2) is 4.39 Å². The molecule has 1 aromatic rings. The van der Waals surface area contributed by atoms with Gasteiger partial charge in [0.2, 0.25) is 0 Å². The molecule has 4 heteroatoms. The van der Waals surface area contributed by atoms with Crippen LogP contribution in [0.25, 0.3) is 0 Å². The summed E-state index contributed by atoms with van der Waals surface area (Å²) >= 11 is 0. The Kier molecular flexibility index (Phi) is 4.63. The first-order valence-corrected chi connectivity index (χ1v) is 5.49. The highest BCUT2D eigenvalue weighted by atomic mass is 19.1. The normalized spacial score (nSPS) is 11.3. The van der Waals surface area contributed by atoms with Crippen LogP contribution in [-0.4, -0.2) is 26.2 Å². The Morgan fingerprint density at radius 2 is 1.94 bits per heavy atom. The molecule has 0 aliphatic heterocycles. The fourth-order valence-corrected chi connectivity index (χ4v) is 1.55. The van der Waals surface area contributed by atoms with Crippen LogP contribution in [0.3, 0.4) is 0 Å². The maximum absolute atomic E-state index is 12.8. The third-order valence-electron chi connectivity index (χ3n) is 2.69. The molecular formula is C13H18FNO2. The molecule has 17 heavy (non-hydrogen) atoms. The smallest absolute Gasteiger partial charge is 0.319 e. The van der Waals surface area contributed by atoms with E-state index in [9.17, 15) is 9.18 Å². The van der Waals surface area contributed by atoms with E-state index in [4.69, 9.17) is 0 Å². The predicted molar refractivity (Wildman–Crippen MR) is 64.3 cm³/mol. The van der Waals surface area contributed by atoms with Gasteiger partial charge in [0.1, 0.15) is 5.82 Å². The summed E-state index contributed by atoms with van der Waals surface area (Å²) in [7, 11) is 1.36. The van der Waals surface area contributed by atoms with Crippen molar-refractivity contribution in [1.29, 1.82) is 0 Å². The summed E-state index contributed by atoms with van der Waals surface area (Å²) in [5.41, 5.74) is 0.859. The number of halogens is 1. The highest BCUT2D eigenvalue weighted by Gasteiger charge is 2.20. The second-order valence-electron chi connectivity index (χ2n) is 4.57. The summed E-state index contributed by atoms with van der Waals surface area (Å²) in [5, 5.41) is 3.02. The number of carbonyl (C=O) groups excluding carboxylic acids is 1. The molecule has 0 spiro atoms. The number of nitrogens with one attached hydrogen (secondary N) is 1. The first-order valence-electron chi connectivity index (χ1n) is 5.49. The van der Waals surface area contributed by atoms with Gasteiger partial charge in [0.05, 0.1) is 13.7 Å². The van der Waals surface area contributed by atoms with Crippen molar-refractivity contribution in [2.75, 3.05) is 20.2 Å². The van der Waals surface area contributed by atoms with Crippen molar-refractivity contribution in [2.24, 2.45) is 0 Å². The number of benzene rings is 1. The molecule has 0 unspecified atom stereocenters. The van der Waals surface area contributed by atoms with Gasteiger partial charge in [0, 0.05) is 12.0 Å². The Morgan fingerprint density at radius 3 is 2.47 bits per heavy atom. The number of rotatable bonds is 5. The topological polar surface area (TPSA) is 38.3 Å². The second kappa shape index (κ2) is 5.77. The third kappa shape index (κ3) is 4.15. The zero-order valence-electron chi connectivity index (χ0n) is 10.4. The van der Waals surface area contributed by atoms with Crippen LogP contribution in [-0.2, 0) is 14.9 Å². The maximum atomic E-state index is 12.8. The Morgan fingerprint density at radius 1 is 1.35 bits per heavy atom. The Balaban J connectivity index is 2.56. The lowest BCUT2D eigenvalue weighted by molar-refractivity contribution is -0.139. The molecule has 0 aliphatic rings. The zero-order chi connectivity index (χ0) is 12.9. The minimum Gasteiger partial charge on any atom is -0.468 e. The van der Waals surface area contributed by atoms with Crippen molar-refractivity contribution in [2.45, 2.75) is 19.3 Å². The van der Waals surface area contributed by atoms with Crippen LogP contribution in [0.1, 0.15) is 19.4 Å². The van der Waals surface area contributed by atoms with Gasteiger partial charge < -0.3 is 10.1 Å². The number of hydrogen-bond donors (Lipinski definition) is 1. The fourth-order valence-electron chi connectivity index (χ4n) is 1.55. The van der Waals surface area contributed by atoms with Crippen molar-refractivity contribution >= 4 is 5.97 Å². The van der Waals surface area contributed by atoms with Crippen LogP contribution in [0, 0.1) is 5.82 Å². The number of carbonyl (C=O) groups is 1. The van der Waals surface area contributed by atoms with Crippen molar-refractivity contribution in [1.82, 2.24) is 5.32 Å². The quantitative estimate of drug-likeness (QED) is 0.797. The van der Waals surface area contributed by atoms with Crippen molar-refractivity contribution in [3.63, 3.8) is 0 Å². The molecule has 0 saturated heterocycles. The Bertz CT molecular complexity index is 374. The average molecular weight is 239 g/mol. The van der Waals surface area contributed by atoms with Gasteiger partial charge in [-0.2, -0.15) is 0 Å². The predicted octanol–water partition coefficient (Wildman–Crippen LogP) is 1.87. The molecule has 3 nitrogen and oxygen atoms in total. The van der Waals surface area contributed by atoms with Gasteiger partial charge in [0.15, 0.2) is 0 Å². The van der Waals surface area contributed by atoms with Crippen molar-refractivity contribution < 1.29 is 13.9 Å². The van der Waals surface area contributed by atoms with Crippen LogP contribution in [0.5, 0.6) is 0 Å². The summed E-state index contributed by atoms with van der Waals surface area (Å²) < 4.78 is 17.3. The number of esters is 1. The maximum Gasteiger partial charge on any atom is 0.319 e. The van der Waals surface area contributed by atoms with E-state index >= 15 is 0 Å². The van der Waals surface area contributed by atoms with Crippen molar-refractivity contribution in [3.8, 4) is 0 Å². The molecule has 0 aliphatic carbocycles. The van der Waals surface area contributed by atoms with Crippen LogP contribution < -0.4 is 5.32 Å². The molecule has 0 bridgehead atoms. The third-order valence-corrected chi connectivity index (χ3v) is 2.69. The number of hydrogen-bond acceptors (Lipinski definition) is 3. The molecule has 0 radical (unpaired) electrons. The molecule has 94 valence electrons. The second-order valence-corrected chi connectivity index (χ2v) is 4.57. The van der Waals surface area contributed by atoms with Gasteiger partial charge in [-0.05, 0) is 17.7 Å². The van der Waals surface area contributed by atoms with Crippen LogP contribution in [0.15, 0.2) is 24.3 Å². The molecule has 0 fully saturated rings. The lowest BCUT2D eigenvalue weighted by atomic mass is 9.84. The first kappa shape index (κ1) is 13.6. The van der Waals surface area contributed by atoms with Crippen LogP contribution in [0.4, 0.5) is 4.39 Å². The van der Waals surface area contributed by atoms with E-state index in [1.807, 2.05) is 13.8 Å². The SMILES string of the molecule is COC(=O)CNCC(C)(C)c1ccc(F)cc1. The van der Waals surface area contributed by atoms with Gasteiger partial charge in [-0.1, -0.05) is 26.0 Å². The van der Waals surface area contributed by atoms with E-state index in [0.29, 0.717) is 6.54 Å². The minimum atomic E-state index is -0.292. The minimum absolute atomic E-state index is 0.165. The Labute approximate surface area is 101 Å². The monoisotopic (exact) mass is 239 g/mol. The Hall–Kier alpha value is -1.42. The standard InChI is InChI=1S/C13H18FNO2/c1-13(2,9-15-8-12(16)17-3)10-4-6-11(14)7-5-10/h4-7,15H,8-9H2,1-3H3. The van der Waals surface area contributed by atoms with Crippen LogP contribution >= 0.6 is 0 Å². The molecule has 1 N–H and O–H groups in total. The average Bonchev–Trinajstić information content (AvgIpc) is 2.29. The first-order chi connectivity index (χ1) is 7.95. The van der Waals surface area contributed by atoms with E-state index in [2.05, 4.69) is 10.1 Å². The van der Waals surface area contributed by atoms with Gasteiger partial charge in [-0.3, -0.25) is 4.79 Å². The fraction of sp³-hybridized carbons (Fsp3) is 0.462. The highest BCUT2D eigenvalue weighted by molar-refractivity contribution is 5.71. The number of ether oxygens (including phenoxy) is 1. The van der Waals surface area contributed by atoms with Crippen molar-refractivity contribution in [3.05, 3.63) is 35.6 Å². The summed E-state index contributed by atoms with van der Waals surface area (Å²) in [6.45, 7) is 4.86. The lowest BCUT2D eigenvalue weighted by Gasteiger charge is -2.25. The van der Waals surface area contributed by atoms with Crippen LogP contribution in [0.2, 0.25) is 0 Å². The van der Waals surface area contributed by atoms with E-state index in [-0.39, 0.29) is 23.7 Å². The molecule has 0 aromatic heterocycles. The summed E-state index contributed by atoms with van der Waals surface area (Å²) in [6.07, 6.45) is 0. The summed E-state index contributed by atoms with van der Waals surface area (Å²) in [5.74, 6) is -0.535. The van der Waals surface area contributed by atoms with Gasteiger partial charge in [-0.15, -0.1) is 0 Å². The molecule has 1 aromatic carbocycles. The molecule has 0 heterocycles. The van der Waals surface area contributed by atoms with E-state index < -0.39 is 0 Å². The van der Waals surface area contributed by atoms with Gasteiger partial charge >= 0.3 is 5.97 Å². The molecule has 0 amide bonds. The molecular weight excluding hydrogens is 221 g/mol. The van der Waals surface area contributed by atoms with E-state index in [1.54, 1.807) is 12.1 Å². The summed E-state index contributed by atoms with van der Waals surface area (Å²) in [6, 6.07) is 6.40. The van der Waals surface area contributed by atoms with Gasteiger partial charge in [0.25, 0.3) is 0 Å². The molecule has 1 rings (SSSR count). The molecule has 0 saturated carbocycles. The summed E-state index contributed by atoms with van der Waals surface area (Å²) in [4.78, 5) is 10.9. The molecule has 0 atom stereocenters. The largest absolute Gasteiger partial charge is 0.468 e. The lowest BCUT2D eigenvalue weighted by Crippen LogP contribution is -2.36. The van der Waals surface area contributed by atoms with E-state index in [0.717, 1.165) is 5.56 Å².